The summed E-state index contributed by atoms with van der Waals surface area (Å²) in [6.07, 6.45) is 2.84. The van der Waals surface area contributed by atoms with Crippen LogP contribution in [0.1, 0.15) is 0 Å². The van der Waals surface area contributed by atoms with Gasteiger partial charge in [0.1, 0.15) is 6.33 Å². The maximum absolute atomic E-state index is 13.7. The Morgan fingerprint density at radius 3 is 2.54 bits per heavy atom. The van der Waals surface area contributed by atoms with Crippen molar-refractivity contribution in [2.75, 3.05) is 0 Å². The summed E-state index contributed by atoms with van der Waals surface area (Å²) in [6.45, 7) is 0. The van der Waals surface area contributed by atoms with Crippen LogP contribution in [-0.4, -0.2) is 24.1 Å². The van der Waals surface area contributed by atoms with Crippen LogP contribution < -0.4 is 5.56 Å². The van der Waals surface area contributed by atoms with E-state index in [1.807, 2.05) is 30.3 Å². The molecule has 0 saturated carbocycles. The van der Waals surface area contributed by atoms with Gasteiger partial charge in [0.15, 0.2) is 11.6 Å². The van der Waals surface area contributed by atoms with Gasteiger partial charge in [-0.3, -0.25) is 9.36 Å². The highest BCUT2D eigenvalue weighted by atomic mass is 19.2. The van der Waals surface area contributed by atoms with Gasteiger partial charge in [0.25, 0.3) is 11.3 Å². The Balaban J connectivity index is 1.91. The van der Waals surface area contributed by atoms with Crippen LogP contribution in [0.15, 0.2) is 71.9 Å². The summed E-state index contributed by atoms with van der Waals surface area (Å²) in [5.74, 6) is -1.65. The quantitative estimate of drug-likeness (QED) is 0.475. The summed E-state index contributed by atoms with van der Waals surface area (Å²) in [4.78, 5) is 21.9. The predicted molar refractivity (Wildman–Crippen MR) is 99.2 cm³/mol. The molecule has 0 unspecified atom stereocenters. The normalized spacial score (nSPS) is 11.4. The zero-order valence-electron chi connectivity index (χ0n) is 14.3. The number of nitrogens with zero attached hydrogens (tertiary/aromatic N) is 5. The average molecular weight is 375 g/mol. The van der Waals surface area contributed by atoms with Crippen molar-refractivity contribution in [1.29, 1.82) is 0 Å². The standard InChI is InChI=1S/C20H11F2N5O/c21-14-7-6-13(10-15(14)22)26-9-8-16-17(19(26)28)18(12-4-2-1-3-5-12)27-20(25-16)23-11-24-27/h1-11H. The first-order valence-electron chi connectivity index (χ1n) is 8.39. The van der Waals surface area contributed by atoms with E-state index in [1.54, 1.807) is 6.07 Å². The number of hydrogen-bond donors (Lipinski definition) is 0. The molecule has 0 aliphatic rings. The summed E-state index contributed by atoms with van der Waals surface area (Å²) in [7, 11) is 0. The largest absolute Gasteiger partial charge is 0.283 e. The van der Waals surface area contributed by atoms with Gasteiger partial charge in [-0.25, -0.2) is 13.8 Å². The minimum absolute atomic E-state index is 0.212. The lowest BCUT2D eigenvalue weighted by molar-refractivity contribution is 0.508. The summed E-state index contributed by atoms with van der Waals surface area (Å²) in [6, 6.07) is 14.2. The Bertz CT molecular complexity index is 1410. The van der Waals surface area contributed by atoms with Crippen molar-refractivity contribution in [3.8, 4) is 16.9 Å². The summed E-state index contributed by atoms with van der Waals surface area (Å²) in [5, 5.41) is 4.50. The lowest BCUT2D eigenvalue weighted by atomic mass is 10.1. The van der Waals surface area contributed by atoms with Crippen molar-refractivity contribution < 1.29 is 8.78 Å². The van der Waals surface area contributed by atoms with E-state index in [1.165, 1.54) is 27.7 Å². The van der Waals surface area contributed by atoms with Crippen molar-refractivity contribution in [2.24, 2.45) is 0 Å². The minimum Gasteiger partial charge on any atom is -0.283 e. The molecule has 8 heteroatoms. The molecule has 0 spiro atoms. The minimum atomic E-state index is -1.03. The van der Waals surface area contributed by atoms with Gasteiger partial charge in [0, 0.05) is 17.8 Å². The maximum Gasteiger partial charge on any atom is 0.266 e. The summed E-state index contributed by atoms with van der Waals surface area (Å²) in [5.41, 5.74) is 1.50. The number of pyridine rings is 1. The molecule has 0 amide bonds. The molecule has 5 rings (SSSR count). The van der Waals surface area contributed by atoms with Crippen molar-refractivity contribution in [1.82, 2.24) is 24.1 Å². The topological polar surface area (TPSA) is 65.1 Å². The van der Waals surface area contributed by atoms with E-state index in [9.17, 15) is 13.6 Å². The molecule has 28 heavy (non-hydrogen) atoms. The van der Waals surface area contributed by atoms with Crippen LogP contribution in [0.3, 0.4) is 0 Å². The van der Waals surface area contributed by atoms with Gasteiger partial charge >= 0.3 is 0 Å². The number of fused-ring (bicyclic) bond motifs is 2. The van der Waals surface area contributed by atoms with Crippen LogP contribution in [0.5, 0.6) is 0 Å². The Morgan fingerprint density at radius 2 is 1.75 bits per heavy atom. The third-order valence-electron chi connectivity index (χ3n) is 4.50. The molecule has 2 aromatic carbocycles. The molecular weight excluding hydrogens is 364 g/mol. The Morgan fingerprint density at radius 1 is 0.929 bits per heavy atom. The Hall–Kier alpha value is -3.94. The van der Waals surface area contributed by atoms with Gasteiger partial charge in [-0.05, 0) is 18.2 Å². The highest BCUT2D eigenvalue weighted by Crippen LogP contribution is 2.26. The fourth-order valence-corrected chi connectivity index (χ4v) is 3.23. The van der Waals surface area contributed by atoms with Crippen LogP contribution in [0.4, 0.5) is 8.78 Å². The van der Waals surface area contributed by atoms with Crippen molar-refractivity contribution in [3.05, 3.63) is 89.1 Å². The highest BCUT2D eigenvalue weighted by molar-refractivity contribution is 5.93. The number of aromatic nitrogens is 5. The monoisotopic (exact) mass is 375 g/mol. The van der Waals surface area contributed by atoms with Gasteiger partial charge in [-0.1, -0.05) is 30.3 Å². The smallest absolute Gasteiger partial charge is 0.266 e. The second-order valence-corrected chi connectivity index (χ2v) is 6.15. The molecule has 3 aromatic heterocycles. The molecule has 136 valence electrons. The molecule has 0 saturated heterocycles. The van der Waals surface area contributed by atoms with E-state index in [0.717, 1.165) is 17.7 Å². The van der Waals surface area contributed by atoms with Crippen LogP contribution in [-0.2, 0) is 0 Å². The van der Waals surface area contributed by atoms with Crippen molar-refractivity contribution in [3.63, 3.8) is 0 Å². The highest BCUT2D eigenvalue weighted by Gasteiger charge is 2.17. The predicted octanol–water partition coefficient (Wildman–Crippen LogP) is 3.37. The van der Waals surface area contributed by atoms with E-state index >= 15 is 0 Å². The molecule has 6 nitrogen and oxygen atoms in total. The Kier molecular flexibility index (Phi) is 3.51. The van der Waals surface area contributed by atoms with Gasteiger partial charge in [-0.15, -0.1) is 0 Å². The van der Waals surface area contributed by atoms with Crippen LogP contribution >= 0.6 is 0 Å². The van der Waals surface area contributed by atoms with E-state index in [-0.39, 0.29) is 5.69 Å². The number of benzene rings is 2. The van der Waals surface area contributed by atoms with E-state index < -0.39 is 17.2 Å². The Labute approximate surface area is 156 Å². The molecule has 0 aliphatic carbocycles. The number of hydrogen-bond acceptors (Lipinski definition) is 4. The third-order valence-corrected chi connectivity index (χ3v) is 4.50. The van der Waals surface area contributed by atoms with Crippen LogP contribution in [0.25, 0.3) is 33.6 Å². The van der Waals surface area contributed by atoms with Gasteiger partial charge < -0.3 is 0 Å². The molecular formula is C20H11F2N5O. The van der Waals surface area contributed by atoms with Crippen molar-refractivity contribution >= 4 is 16.7 Å². The maximum atomic E-state index is 13.7. The van der Waals surface area contributed by atoms with Crippen LogP contribution in [0.2, 0.25) is 0 Å². The van der Waals surface area contributed by atoms with Gasteiger partial charge in [0.05, 0.1) is 22.3 Å². The van der Waals surface area contributed by atoms with Crippen molar-refractivity contribution in [2.45, 2.75) is 0 Å². The molecule has 0 fully saturated rings. The van der Waals surface area contributed by atoms with Gasteiger partial charge in [0.2, 0.25) is 0 Å². The molecule has 5 aromatic rings. The second-order valence-electron chi connectivity index (χ2n) is 6.15. The van der Waals surface area contributed by atoms with Gasteiger partial charge in [-0.2, -0.15) is 14.6 Å². The molecule has 0 bridgehead atoms. The summed E-state index contributed by atoms with van der Waals surface area (Å²) < 4.78 is 29.7. The van der Waals surface area contributed by atoms with E-state index in [2.05, 4.69) is 15.1 Å². The zero-order chi connectivity index (χ0) is 19.3. The van der Waals surface area contributed by atoms with Crippen LogP contribution in [0, 0.1) is 11.6 Å². The third kappa shape index (κ3) is 2.38. The lowest BCUT2D eigenvalue weighted by Gasteiger charge is -2.11. The second kappa shape index (κ2) is 6.05. The SMILES string of the molecule is O=c1c2c(-c3ccccc3)n3ncnc3nc2ccn1-c1ccc(F)c(F)c1. The lowest BCUT2D eigenvalue weighted by Crippen LogP contribution is -2.20. The molecule has 0 atom stereocenters. The fourth-order valence-electron chi connectivity index (χ4n) is 3.23. The summed E-state index contributed by atoms with van der Waals surface area (Å²) >= 11 is 0. The fraction of sp³-hybridized carbons (Fsp3) is 0. The number of halogens is 2. The van der Waals surface area contributed by atoms with E-state index in [4.69, 9.17) is 0 Å². The average Bonchev–Trinajstić information content (AvgIpc) is 3.18. The van der Waals surface area contributed by atoms with E-state index in [0.29, 0.717) is 22.4 Å². The molecule has 0 aliphatic heterocycles. The molecule has 3 heterocycles. The first-order chi connectivity index (χ1) is 13.6. The zero-order valence-corrected chi connectivity index (χ0v) is 14.3. The first kappa shape index (κ1) is 16.2. The molecule has 0 N–H and O–H groups in total. The first-order valence-corrected chi connectivity index (χ1v) is 8.39. The molecule has 0 radical (unpaired) electrons. The number of rotatable bonds is 2.